The predicted molar refractivity (Wildman–Crippen MR) is 57.4 cm³/mol. The van der Waals surface area contributed by atoms with E-state index in [1.807, 2.05) is 0 Å². The Balaban J connectivity index is 2.45. The average molecular weight is 219 g/mol. The van der Waals surface area contributed by atoms with Gasteiger partial charge in [0.05, 0.1) is 5.70 Å². The lowest BCUT2D eigenvalue weighted by Gasteiger charge is -2.23. The highest BCUT2D eigenvalue weighted by molar-refractivity contribution is 6.23. The van der Waals surface area contributed by atoms with Gasteiger partial charge in [0.25, 0.3) is 0 Å². The molecule has 2 rings (SSSR count). The van der Waals surface area contributed by atoms with E-state index in [0.29, 0.717) is 24.1 Å². The number of allylic oxidation sites excluding steroid dienone is 3. The van der Waals surface area contributed by atoms with E-state index in [0.717, 1.165) is 6.42 Å². The maximum Gasteiger partial charge on any atom is 0.227 e. The maximum absolute atomic E-state index is 11.9. The third-order valence-electron chi connectivity index (χ3n) is 2.99. The van der Waals surface area contributed by atoms with Gasteiger partial charge in [0.15, 0.2) is 5.78 Å². The standard InChI is InChI=1S/C12H13NO3/c1-7-6-9(14)8(2)11(12(7)16)13-5-3-4-10(13)15/h6H,3-5H2,1-2H3. The van der Waals surface area contributed by atoms with Crippen molar-refractivity contribution in [1.29, 1.82) is 0 Å². The van der Waals surface area contributed by atoms with Gasteiger partial charge in [-0.25, -0.2) is 0 Å². The van der Waals surface area contributed by atoms with Crippen molar-refractivity contribution in [2.75, 3.05) is 6.54 Å². The zero-order chi connectivity index (χ0) is 11.9. The van der Waals surface area contributed by atoms with Gasteiger partial charge in [0.1, 0.15) is 0 Å². The van der Waals surface area contributed by atoms with Crippen LogP contribution < -0.4 is 0 Å². The Morgan fingerprint density at radius 1 is 1.19 bits per heavy atom. The molecule has 0 unspecified atom stereocenters. The van der Waals surface area contributed by atoms with E-state index in [1.165, 1.54) is 11.0 Å². The smallest absolute Gasteiger partial charge is 0.227 e. The number of rotatable bonds is 1. The number of carbonyl (C=O) groups excluding carboxylic acids is 3. The first-order valence-electron chi connectivity index (χ1n) is 5.31. The molecule has 4 nitrogen and oxygen atoms in total. The Bertz CT molecular complexity index is 457. The van der Waals surface area contributed by atoms with Gasteiger partial charge in [-0.2, -0.15) is 0 Å². The van der Waals surface area contributed by atoms with Crippen molar-refractivity contribution in [3.8, 4) is 0 Å². The number of likely N-dealkylation sites (tertiary alicyclic amines) is 1. The fraction of sp³-hybridized carbons (Fsp3) is 0.417. The first-order chi connectivity index (χ1) is 7.52. The molecular formula is C12H13NO3. The Morgan fingerprint density at radius 2 is 1.88 bits per heavy atom. The van der Waals surface area contributed by atoms with Crippen LogP contribution in [0.4, 0.5) is 0 Å². The first kappa shape index (κ1) is 10.8. The fourth-order valence-electron chi connectivity index (χ4n) is 2.05. The summed E-state index contributed by atoms with van der Waals surface area (Å²) < 4.78 is 0. The molecule has 84 valence electrons. The van der Waals surface area contributed by atoms with Crippen LogP contribution in [0.15, 0.2) is 22.9 Å². The minimum absolute atomic E-state index is 0.0646. The molecule has 0 atom stereocenters. The summed E-state index contributed by atoms with van der Waals surface area (Å²) >= 11 is 0. The number of ketones is 2. The van der Waals surface area contributed by atoms with Crippen LogP contribution >= 0.6 is 0 Å². The summed E-state index contributed by atoms with van der Waals surface area (Å²) in [5.74, 6) is -0.440. The van der Waals surface area contributed by atoms with Gasteiger partial charge >= 0.3 is 0 Å². The summed E-state index contributed by atoms with van der Waals surface area (Å²) in [6, 6.07) is 0. The van der Waals surface area contributed by atoms with Crippen LogP contribution in [0.25, 0.3) is 0 Å². The van der Waals surface area contributed by atoms with E-state index in [4.69, 9.17) is 0 Å². The Morgan fingerprint density at radius 3 is 2.44 bits per heavy atom. The van der Waals surface area contributed by atoms with E-state index in [9.17, 15) is 14.4 Å². The molecule has 4 heteroatoms. The van der Waals surface area contributed by atoms with Gasteiger partial charge < -0.3 is 4.90 Å². The summed E-state index contributed by atoms with van der Waals surface area (Å²) in [6.45, 7) is 3.75. The van der Waals surface area contributed by atoms with Crippen molar-refractivity contribution in [2.45, 2.75) is 26.7 Å². The molecule has 0 aromatic heterocycles. The zero-order valence-electron chi connectivity index (χ0n) is 9.37. The largest absolute Gasteiger partial charge is 0.309 e. The molecule has 0 N–H and O–H groups in total. The van der Waals surface area contributed by atoms with E-state index < -0.39 is 0 Å². The van der Waals surface area contributed by atoms with Crippen LogP contribution in [0, 0.1) is 0 Å². The quantitative estimate of drug-likeness (QED) is 0.618. The molecular weight excluding hydrogens is 206 g/mol. The number of nitrogens with zero attached hydrogens (tertiary/aromatic N) is 1. The van der Waals surface area contributed by atoms with Crippen molar-refractivity contribution < 1.29 is 14.4 Å². The van der Waals surface area contributed by atoms with E-state index in [-0.39, 0.29) is 23.2 Å². The zero-order valence-corrected chi connectivity index (χ0v) is 9.37. The summed E-state index contributed by atoms with van der Waals surface area (Å²) in [4.78, 5) is 36.6. The summed E-state index contributed by atoms with van der Waals surface area (Å²) in [7, 11) is 0. The van der Waals surface area contributed by atoms with Gasteiger partial charge in [0, 0.05) is 24.1 Å². The van der Waals surface area contributed by atoms with Crippen molar-refractivity contribution in [1.82, 2.24) is 4.90 Å². The Kier molecular flexibility index (Phi) is 2.50. The van der Waals surface area contributed by atoms with Crippen molar-refractivity contribution in [3.63, 3.8) is 0 Å². The average Bonchev–Trinajstić information content (AvgIpc) is 2.63. The van der Waals surface area contributed by atoms with Crippen molar-refractivity contribution in [2.24, 2.45) is 0 Å². The molecule has 0 spiro atoms. The van der Waals surface area contributed by atoms with Crippen LogP contribution in [0.5, 0.6) is 0 Å². The van der Waals surface area contributed by atoms with Gasteiger partial charge in [-0.05, 0) is 26.3 Å². The minimum atomic E-state index is -0.202. The second-order valence-corrected chi connectivity index (χ2v) is 4.14. The molecule has 1 aliphatic heterocycles. The third kappa shape index (κ3) is 1.50. The minimum Gasteiger partial charge on any atom is -0.309 e. The third-order valence-corrected chi connectivity index (χ3v) is 2.99. The number of amides is 1. The molecule has 1 amide bonds. The van der Waals surface area contributed by atoms with Crippen LogP contribution in [0.3, 0.4) is 0 Å². The SMILES string of the molecule is CC1=CC(=O)C(C)=C(N2CCCC2=O)C1=O. The van der Waals surface area contributed by atoms with Gasteiger partial charge in [-0.1, -0.05) is 0 Å². The van der Waals surface area contributed by atoms with Crippen molar-refractivity contribution >= 4 is 17.5 Å². The fourth-order valence-corrected chi connectivity index (χ4v) is 2.05. The first-order valence-corrected chi connectivity index (χ1v) is 5.31. The van der Waals surface area contributed by atoms with Crippen LogP contribution in [0.1, 0.15) is 26.7 Å². The predicted octanol–water partition coefficient (Wildman–Crippen LogP) is 0.981. The molecule has 16 heavy (non-hydrogen) atoms. The van der Waals surface area contributed by atoms with Gasteiger partial charge in [-0.3, -0.25) is 14.4 Å². The highest BCUT2D eigenvalue weighted by Crippen LogP contribution is 2.26. The lowest BCUT2D eigenvalue weighted by atomic mass is 9.95. The van der Waals surface area contributed by atoms with E-state index in [2.05, 4.69) is 0 Å². The molecule has 0 bridgehead atoms. The van der Waals surface area contributed by atoms with Gasteiger partial charge in [-0.15, -0.1) is 0 Å². The molecule has 2 aliphatic rings. The highest BCUT2D eigenvalue weighted by Gasteiger charge is 2.33. The maximum atomic E-state index is 11.9. The van der Waals surface area contributed by atoms with E-state index >= 15 is 0 Å². The summed E-state index contributed by atoms with van der Waals surface area (Å²) in [5, 5.41) is 0. The molecule has 1 heterocycles. The highest BCUT2D eigenvalue weighted by atomic mass is 16.2. The number of carbonyl (C=O) groups is 3. The Hall–Kier alpha value is -1.71. The molecule has 1 saturated heterocycles. The second-order valence-electron chi connectivity index (χ2n) is 4.14. The monoisotopic (exact) mass is 219 g/mol. The normalized spacial score (nSPS) is 22.0. The summed E-state index contributed by atoms with van der Waals surface area (Å²) in [6.07, 6.45) is 2.54. The lowest BCUT2D eigenvalue weighted by Crippen LogP contribution is -2.33. The van der Waals surface area contributed by atoms with Crippen LogP contribution in [0.2, 0.25) is 0 Å². The lowest BCUT2D eigenvalue weighted by molar-refractivity contribution is -0.128. The molecule has 0 aromatic carbocycles. The molecule has 0 aromatic rings. The topological polar surface area (TPSA) is 54.5 Å². The Labute approximate surface area is 93.6 Å². The van der Waals surface area contributed by atoms with Crippen LogP contribution in [-0.4, -0.2) is 28.9 Å². The molecule has 0 radical (unpaired) electrons. The molecule has 0 saturated carbocycles. The number of Topliss-reactive ketones (excluding diaryl/α,β-unsaturated/α-hetero) is 1. The number of hydrogen-bond acceptors (Lipinski definition) is 3. The van der Waals surface area contributed by atoms with Crippen molar-refractivity contribution in [3.05, 3.63) is 22.9 Å². The van der Waals surface area contributed by atoms with E-state index in [1.54, 1.807) is 13.8 Å². The molecule has 1 aliphatic carbocycles. The number of hydrogen-bond donors (Lipinski definition) is 0. The second kappa shape index (κ2) is 3.70. The van der Waals surface area contributed by atoms with Crippen LogP contribution in [-0.2, 0) is 14.4 Å². The summed E-state index contributed by atoms with van der Waals surface area (Å²) in [5.41, 5.74) is 1.07. The molecule has 1 fully saturated rings. The van der Waals surface area contributed by atoms with Gasteiger partial charge in [0.2, 0.25) is 11.7 Å².